The van der Waals surface area contributed by atoms with Crippen molar-refractivity contribution in [1.82, 2.24) is 0 Å². The molecule has 0 aromatic heterocycles. The van der Waals surface area contributed by atoms with Gasteiger partial charge in [0.1, 0.15) is 5.75 Å². The third-order valence-electron chi connectivity index (χ3n) is 2.38. The molecule has 0 amide bonds. The largest absolute Gasteiger partial charge is 0.508 e. The highest BCUT2D eigenvalue weighted by Gasteiger charge is 2.19. The summed E-state index contributed by atoms with van der Waals surface area (Å²) in [4.78, 5) is 2.12. The molecule has 0 bridgehead atoms. The van der Waals surface area contributed by atoms with Crippen LogP contribution in [0.5, 0.6) is 5.75 Å². The lowest BCUT2D eigenvalue weighted by Crippen LogP contribution is -2.20. The molecule has 0 saturated carbocycles. The predicted octanol–water partition coefficient (Wildman–Crippen LogP) is 0.963. The molecule has 0 radical (unpaired) electrons. The van der Waals surface area contributed by atoms with Gasteiger partial charge in [-0.3, -0.25) is 0 Å². The summed E-state index contributed by atoms with van der Waals surface area (Å²) >= 11 is 0. The summed E-state index contributed by atoms with van der Waals surface area (Å²) in [5, 5.41) is 18.4. The topological polar surface area (TPSA) is 43.7 Å². The van der Waals surface area contributed by atoms with Gasteiger partial charge >= 0.3 is 0 Å². The van der Waals surface area contributed by atoms with E-state index in [1.165, 1.54) is 0 Å². The van der Waals surface area contributed by atoms with Gasteiger partial charge in [0.2, 0.25) is 0 Å². The molecule has 1 aromatic carbocycles. The van der Waals surface area contributed by atoms with E-state index in [9.17, 15) is 5.11 Å². The molecule has 2 N–H and O–H groups in total. The molecule has 70 valence electrons. The third-order valence-corrected chi connectivity index (χ3v) is 2.38. The van der Waals surface area contributed by atoms with Crippen molar-refractivity contribution in [1.29, 1.82) is 0 Å². The fourth-order valence-corrected chi connectivity index (χ4v) is 1.64. The molecule has 1 aliphatic rings. The predicted molar refractivity (Wildman–Crippen MR) is 50.9 cm³/mol. The van der Waals surface area contributed by atoms with E-state index in [-0.39, 0.29) is 11.9 Å². The van der Waals surface area contributed by atoms with Crippen molar-refractivity contribution < 1.29 is 10.2 Å². The first-order valence-corrected chi connectivity index (χ1v) is 4.48. The van der Waals surface area contributed by atoms with Gasteiger partial charge in [-0.2, -0.15) is 0 Å². The molecular formula is C10H13NO2. The standard InChI is InChI=1S/C10H13NO2/c12-9-3-1-8(2-4-9)11-6-5-10(13)7-11/h1-4,10,12-13H,5-7H2/t10-/m0/s1. The number of nitrogens with zero attached hydrogens (tertiary/aromatic N) is 1. The van der Waals surface area contributed by atoms with Gasteiger partial charge < -0.3 is 15.1 Å². The number of hydrogen-bond acceptors (Lipinski definition) is 3. The lowest BCUT2D eigenvalue weighted by atomic mass is 10.3. The van der Waals surface area contributed by atoms with Crippen LogP contribution in [0.3, 0.4) is 0 Å². The van der Waals surface area contributed by atoms with Crippen molar-refractivity contribution in [3.05, 3.63) is 24.3 Å². The summed E-state index contributed by atoms with van der Waals surface area (Å²) in [7, 11) is 0. The van der Waals surface area contributed by atoms with Crippen molar-refractivity contribution >= 4 is 5.69 Å². The van der Waals surface area contributed by atoms with Crippen LogP contribution in [-0.4, -0.2) is 29.4 Å². The molecule has 13 heavy (non-hydrogen) atoms. The minimum atomic E-state index is -0.200. The highest BCUT2D eigenvalue weighted by atomic mass is 16.3. The van der Waals surface area contributed by atoms with Crippen molar-refractivity contribution in [3.8, 4) is 5.75 Å². The van der Waals surface area contributed by atoms with E-state index >= 15 is 0 Å². The summed E-state index contributed by atoms with van der Waals surface area (Å²) in [6.45, 7) is 1.59. The second kappa shape index (κ2) is 3.26. The van der Waals surface area contributed by atoms with Crippen LogP contribution < -0.4 is 4.90 Å². The molecule has 2 rings (SSSR count). The SMILES string of the molecule is Oc1ccc(N2CC[C@H](O)C2)cc1. The van der Waals surface area contributed by atoms with E-state index in [0.29, 0.717) is 6.54 Å². The zero-order valence-electron chi connectivity index (χ0n) is 7.35. The van der Waals surface area contributed by atoms with Crippen LogP contribution in [0.1, 0.15) is 6.42 Å². The molecule has 1 heterocycles. The number of aliphatic hydroxyl groups excluding tert-OH is 1. The first-order chi connectivity index (χ1) is 6.25. The molecule has 0 unspecified atom stereocenters. The Bertz CT molecular complexity index is 283. The molecule has 3 heteroatoms. The maximum absolute atomic E-state index is 9.32. The van der Waals surface area contributed by atoms with Crippen LogP contribution in [0.4, 0.5) is 5.69 Å². The van der Waals surface area contributed by atoms with Crippen LogP contribution in [0.2, 0.25) is 0 Å². The summed E-state index contributed by atoms with van der Waals surface area (Å²) in [5.74, 6) is 0.281. The number of benzene rings is 1. The molecule has 1 aromatic rings. The third kappa shape index (κ3) is 1.75. The fraction of sp³-hybridized carbons (Fsp3) is 0.400. The van der Waals surface area contributed by atoms with E-state index in [1.807, 2.05) is 12.1 Å². The quantitative estimate of drug-likeness (QED) is 0.675. The number of hydrogen-bond donors (Lipinski definition) is 2. The van der Waals surface area contributed by atoms with Crippen molar-refractivity contribution in [3.63, 3.8) is 0 Å². The molecule has 0 aliphatic carbocycles. The lowest BCUT2D eigenvalue weighted by molar-refractivity contribution is 0.198. The van der Waals surface area contributed by atoms with Crippen molar-refractivity contribution in [2.75, 3.05) is 18.0 Å². The second-order valence-corrected chi connectivity index (χ2v) is 3.40. The summed E-state index contributed by atoms with van der Waals surface area (Å²) < 4.78 is 0. The first kappa shape index (κ1) is 8.38. The monoisotopic (exact) mass is 179 g/mol. The number of anilines is 1. The van der Waals surface area contributed by atoms with E-state index in [0.717, 1.165) is 18.7 Å². The van der Waals surface area contributed by atoms with Crippen molar-refractivity contribution in [2.24, 2.45) is 0 Å². The number of β-amino-alcohol motifs (C(OH)–C–C–N with tert-alkyl or cyclic N) is 1. The van der Waals surface area contributed by atoms with Gasteiger partial charge in [0.15, 0.2) is 0 Å². The highest BCUT2D eigenvalue weighted by Crippen LogP contribution is 2.22. The highest BCUT2D eigenvalue weighted by molar-refractivity contribution is 5.49. The zero-order valence-corrected chi connectivity index (χ0v) is 7.35. The lowest BCUT2D eigenvalue weighted by Gasteiger charge is -2.17. The van der Waals surface area contributed by atoms with Gasteiger partial charge in [-0.25, -0.2) is 0 Å². The smallest absolute Gasteiger partial charge is 0.115 e. The molecule has 1 atom stereocenters. The Morgan fingerprint density at radius 1 is 1.23 bits per heavy atom. The Morgan fingerprint density at radius 3 is 2.46 bits per heavy atom. The fourth-order valence-electron chi connectivity index (χ4n) is 1.64. The van der Waals surface area contributed by atoms with E-state index < -0.39 is 0 Å². The zero-order chi connectivity index (χ0) is 9.26. The molecule has 3 nitrogen and oxygen atoms in total. The average Bonchev–Trinajstić information content (AvgIpc) is 2.53. The number of rotatable bonds is 1. The normalized spacial score (nSPS) is 22.2. The maximum atomic E-state index is 9.32. The minimum Gasteiger partial charge on any atom is -0.508 e. The molecule has 1 saturated heterocycles. The van der Waals surface area contributed by atoms with Crippen LogP contribution in [-0.2, 0) is 0 Å². The van der Waals surface area contributed by atoms with Crippen LogP contribution in [0, 0.1) is 0 Å². The molecular weight excluding hydrogens is 166 g/mol. The number of aliphatic hydroxyl groups is 1. The van der Waals surface area contributed by atoms with Crippen LogP contribution >= 0.6 is 0 Å². The van der Waals surface area contributed by atoms with E-state index in [4.69, 9.17) is 5.11 Å². The maximum Gasteiger partial charge on any atom is 0.115 e. The first-order valence-electron chi connectivity index (χ1n) is 4.48. The van der Waals surface area contributed by atoms with Crippen LogP contribution in [0.15, 0.2) is 24.3 Å². The number of aromatic hydroxyl groups is 1. The van der Waals surface area contributed by atoms with Gasteiger partial charge in [0.05, 0.1) is 6.10 Å². The van der Waals surface area contributed by atoms with E-state index in [2.05, 4.69) is 4.90 Å². The Kier molecular flexibility index (Phi) is 2.10. The molecule has 0 spiro atoms. The Balaban J connectivity index is 2.13. The van der Waals surface area contributed by atoms with Gasteiger partial charge in [0, 0.05) is 18.8 Å². The summed E-state index contributed by atoms with van der Waals surface area (Å²) in [5.41, 5.74) is 1.06. The van der Waals surface area contributed by atoms with Crippen molar-refractivity contribution in [2.45, 2.75) is 12.5 Å². The molecule has 1 aliphatic heterocycles. The number of phenols is 1. The van der Waals surface area contributed by atoms with Gasteiger partial charge in [0.25, 0.3) is 0 Å². The molecule has 1 fully saturated rings. The number of phenolic OH excluding ortho intramolecular Hbond substituents is 1. The minimum absolute atomic E-state index is 0.200. The Hall–Kier alpha value is -1.22. The summed E-state index contributed by atoms with van der Waals surface area (Å²) in [6, 6.07) is 7.07. The van der Waals surface area contributed by atoms with Crippen LogP contribution in [0.25, 0.3) is 0 Å². The van der Waals surface area contributed by atoms with E-state index in [1.54, 1.807) is 12.1 Å². The second-order valence-electron chi connectivity index (χ2n) is 3.40. The Morgan fingerprint density at radius 2 is 1.92 bits per heavy atom. The summed E-state index contributed by atoms with van der Waals surface area (Å²) in [6.07, 6.45) is 0.634. The van der Waals surface area contributed by atoms with Gasteiger partial charge in [-0.15, -0.1) is 0 Å². The Labute approximate surface area is 77.2 Å². The van der Waals surface area contributed by atoms with Gasteiger partial charge in [-0.05, 0) is 30.7 Å². The average molecular weight is 179 g/mol. The van der Waals surface area contributed by atoms with Gasteiger partial charge in [-0.1, -0.05) is 0 Å².